The van der Waals surface area contributed by atoms with Crippen molar-refractivity contribution in [3.63, 3.8) is 0 Å². The molecule has 1 aromatic carbocycles. The highest BCUT2D eigenvalue weighted by molar-refractivity contribution is 6.32. The number of hydrogen-bond donors (Lipinski definition) is 3. The lowest BCUT2D eigenvalue weighted by molar-refractivity contribution is -0.115. The number of carbonyl (C=O) groups excluding carboxylic acids is 1. The van der Waals surface area contributed by atoms with Gasteiger partial charge in [0.2, 0.25) is 5.91 Å². The number of nitrogens with two attached hydrogens (primary N) is 1. The number of hydrogen-bond acceptors (Lipinski definition) is 3. The van der Waals surface area contributed by atoms with Crippen LogP contribution >= 0.6 is 11.6 Å². The first kappa shape index (κ1) is 10.7. The summed E-state index contributed by atoms with van der Waals surface area (Å²) >= 11 is 5.55. The highest BCUT2D eigenvalue weighted by atomic mass is 35.5. The molecule has 0 fully saturated rings. The van der Waals surface area contributed by atoms with Crippen LogP contribution in [0.4, 0.5) is 11.4 Å². The average molecular weight is 215 g/mol. The van der Waals surface area contributed by atoms with E-state index in [0.717, 1.165) is 0 Å². The normalized spacial score (nSPS) is 12.1. The van der Waals surface area contributed by atoms with Crippen molar-refractivity contribution in [2.24, 2.45) is 0 Å². The first-order chi connectivity index (χ1) is 6.50. The minimum absolute atomic E-state index is 0.0372. The summed E-state index contributed by atoms with van der Waals surface area (Å²) in [5.41, 5.74) is 6.21. The van der Waals surface area contributed by atoms with Gasteiger partial charge in [-0.1, -0.05) is 0 Å². The molecule has 76 valence electrons. The molecule has 0 saturated carbocycles. The number of nitrogen functional groups attached to an aromatic ring is 1. The highest BCUT2D eigenvalue weighted by Crippen LogP contribution is 2.25. The van der Waals surface area contributed by atoms with E-state index >= 15 is 0 Å². The van der Waals surface area contributed by atoms with Gasteiger partial charge in [0.1, 0.15) is 11.1 Å². The number of alkyl halides is 1. The molecule has 4 nitrogen and oxygen atoms in total. The smallest absolute Gasteiger partial charge is 0.242 e. The van der Waals surface area contributed by atoms with Crippen LogP contribution in [0.15, 0.2) is 18.2 Å². The monoisotopic (exact) mass is 214 g/mol. The lowest BCUT2D eigenvalue weighted by atomic mass is 10.2. The molecule has 0 radical (unpaired) electrons. The summed E-state index contributed by atoms with van der Waals surface area (Å²) in [7, 11) is 0. The molecule has 0 saturated heterocycles. The zero-order valence-corrected chi connectivity index (χ0v) is 8.38. The number of phenolic OH excluding ortho intramolecular Hbond substituents is 1. The number of carbonyl (C=O) groups is 1. The van der Waals surface area contributed by atoms with Crippen LogP contribution < -0.4 is 11.1 Å². The van der Waals surface area contributed by atoms with E-state index in [-0.39, 0.29) is 17.3 Å². The Balaban J connectivity index is 2.86. The second-order valence-corrected chi connectivity index (χ2v) is 3.54. The topological polar surface area (TPSA) is 75.4 Å². The molecule has 0 aliphatic carbocycles. The Morgan fingerprint density at radius 1 is 1.64 bits per heavy atom. The van der Waals surface area contributed by atoms with E-state index in [4.69, 9.17) is 17.3 Å². The van der Waals surface area contributed by atoms with Crippen LogP contribution in [-0.4, -0.2) is 16.4 Å². The van der Waals surface area contributed by atoms with Gasteiger partial charge in [-0.3, -0.25) is 4.79 Å². The van der Waals surface area contributed by atoms with Crippen molar-refractivity contribution < 1.29 is 9.90 Å². The Labute approximate surface area is 86.7 Å². The van der Waals surface area contributed by atoms with Gasteiger partial charge in [-0.05, 0) is 25.1 Å². The van der Waals surface area contributed by atoms with Gasteiger partial charge in [-0.25, -0.2) is 0 Å². The highest BCUT2D eigenvalue weighted by Gasteiger charge is 2.11. The molecular weight excluding hydrogens is 204 g/mol. The van der Waals surface area contributed by atoms with Crippen molar-refractivity contribution >= 4 is 28.9 Å². The maximum absolute atomic E-state index is 11.2. The Hall–Kier alpha value is -1.42. The Morgan fingerprint density at radius 2 is 2.29 bits per heavy atom. The molecule has 1 atom stereocenters. The Kier molecular flexibility index (Phi) is 3.19. The summed E-state index contributed by atoms with van der Waals surface area (Å²) in [5.74, 6) is -0.419. The van der Waals surface area contributed by atoms with Gasteiger partial charge in [0.05, 0.1) is 5.69 Å². The second-order valence-electron chi connectivity index (χ2n) is 2.88. The molecule has 0 aliphatic heterocycles. The number of phenols is 1. The van der Waals surface area contributed by atoms with E-state index in [1.807, 2.05) is 0 Å². The van der Waals surface area contributed by atoms with Gasteiger partial charge in [0, 0.05) is 5.69 Å². The van der Waals surface area contributed by atoms with Crippen molar-refractivity contribution in [3.05, 3.63) is 18.2 Å². The molecule has 4 N–H and O–H groups in total. The maximum atomic E-state index is 11.2. The number of nitrogens with one attached hydrogen (secondary N) is 1. The van der Waals surface area contributed by atoms with Crippen LogP contribution in [0.3, 0.4) is 0 Å². The SMILES string of the molecule is CC(Cl)C(=O)Nc1cc(N)ccc1O. The third-order valence-corrected chi connectivity index (χ3v) is 1.84. The maximum Gasteiger partial charge on any atom is 0.242 e. The van der Waals surface area contributed by atoms with E-state index in [1.165, 1.54) is 18.2 Å². The fourth-order valence-electron chi connectivity index (χ4n) is 0.886. The molecule has 5 heteroatoms. The van der Waals surface area contributed by atoms with Crippen molar-refractivity contribution in [2.75, 3.05) is 11.1 Å². The van der Waals surface area contributed by atoms with Crippen molar-refractivity contribution in [3.8, 4) is 5.75 Å². The third-order valence-electron chi connectivity index (χ3n) is 1.64. The van der Waals surface area contributed by atoms with Gasteiger partial charge in [0.25, 0.3) is 0 Å². The van der Waals surface area contributed by atoms with Gasteiger partial charge < -0.3 is 16.2 Å². The first-order valence-electron chi connectivity index (χ1n) is 4.04. The first-order valence-corrected chi connectivity index (χ1v) is 4.48. The van der Waals surface area contributed by atoms with Crippen molar-refractivity contribution in [2.45, 2.75) is 12.3 Å². The van der Waals surface area contributed by atoms with Crippen LogP contribution in [-0.2, 0) is 4.79 Å². The lowest BCUT2D eigenvalue weighted by Gasteiger charge is -2.08. The van der Waals surface area contributed by atoms with Crippen LogP contribution in [0.2, 0.25) is 0 Å². The predicted octanol–water partition coefficient (Wildman–Crippen LogP) is 1.54. The van der Waals surface area contributed by atoms with E-state index in [2.05, 4.69) is 5.32 Å². The number of anilines is 2. The molecule has 14 heavy (non-hydrogen) atoms. The molecule has 0 spiro atoms. The summed E-state index contributed by atoms with van der Waals surface area (Å²) in [4.78, 5) is 11.2. The van der Waals surface area contributed by atoms with Crippen molar-refractivity contribution in [1.82, 2.24) is 0 Å². The third kappa shape index (κ3) is 2.53. The molecule has 1 aromatic rings. The van der Waals surface area contributed by atoms with E-state index in [9.17, 15) is 9.90 Å². The number of halogens is 1. The van der Waals surface area contributed by atoms with Crippen LogP contribution in [0.1, 0.15) is 6.92 Å². The zero-order valence-electron chi connectivity index (χ0n) is 7.62. The van der Waals surface area contributed by atoms with Gasteiger partial charge in [-0.2, -0.15) is 0 Å². The van der Waals surface area contributed by atoms with Gasteiger partial charge in [-0.15, -0.1) is 11.6 Å². The average Bonchev–Trinajstić information content (AvgIpc) is 2.11. The quantitative estimate of drug-likeness (QED) is 0.303. The van der Waals surface area contributed by atoms with Gasteiger partial charge >= 0.3 is 0 Å². The van der Waals surface area contributed by atoms with Crippen LogP contribution in [0.25, 0.3) is 0 Å². The number of aromatic hydroxyl groups is 1. The molecule has 0 bridgehead atoms. The lowest BCUT2D eigenvalue weighted by Crippen LogP contribution is -2.20. The zero-order chi connectivity index (χ0) is 10.7. The summed E-state index contributed by atoms with van der Waals surface area (Å²) in [5, 5.41) is 11.1. The van der Waals surface area contributed by atoms with Gasteiger partial charge in [0.15, 0.2) is 0 Å². The van der Waals surface area contributed by atoms with E-state index in [1.54, 1.807) is 6.92 Å². The molecule has 1 amide bonds. The predicted molar refractivity (Wildman–Crippen MR) is 56.5 cm³/mol. The summed E-state index contributed by atoms with van der Waals surface area (Å²) in [6, 6.07) is 4.41. The largest absolute Gasteiger partial charge is 0.506 e. The summed E-state index contributed by atoms with van der Waals surface area (Å²) in [6.07, 6.45) is 0. The fourth-order valence-corrected chi connectivity index (χ4v) is 0.941. The summed E-state index contributed by atoms with van der Waals surface area (Å²) in [6.45, 7) is 1.54. The minimum Gasteiger partial charge on any atom is -0.506 e. The summed E-state index contributed by atoms with van der Waals surface area (Å²) < 4.78 is 0. The number of benzene rings is 1. The fraction of sp³-hybridized carbons (Fsp3) is 0.222. The molecule has 0 aromatic heterocycles. The second kappa shape index (κ2) is 4.19. The van der Waals surface area contributed by atoms with E-state index < -0.39 is 5.38 Å². The minimum atomic E-state index is -0.657. The Morgan fingerprint density at radius 3 is 2.86 bits per heavy atom. The molecule has 0 heterocycles. The van der Waals surface area contributed by atoms with Crippen molar-refractivity contribution in [1.29, 1.82) is 0 Å². The Bertz CT molecular complexity index is 353. The van der Waals surface area contributed by atoms with Crippen LogP contribution in [0, 0.1) is 0 Å². The molecule has 0 aliphatic rings. The molecular formula is C9H11ClN2O2. The number of amides is 1. The molecule has 1 rings (SSSR count). The van der Waals surface area contributed by atoms with E-state index in [0.29, 0.717) is 5.69 Å². The number of rotatable bonds is 2. The standard InChI is InChI=1S/C9H11ClN2O2/c1-5(10)9(14)12-7-4-6(11)2-3-8(7)13/h2-5,13H,11H2,1H3,(H,12,14). The molecule has 1 unspecified atom stereocenters. The van der Waals surface area contributed by atoms with Crippen LogP contribution in [0.5, 0.6) is 5.75 Å².